The Kier molecular flexibility index (Phi) is 7.03. The van der Waals surface area contributed by atoms with Crippen LogP contribution < -0.4 is 11.1 Å². The zero-order valence-corrected chi connectivity index (χ0v) is 19.7. The topological polar surface area (TPSA) is 107 Å². The van der Waals surface area contributed by atoms with Crippen LogP contribution in [0.2, 0.25) is 5.02 Å². The molecule has 0 unspecified atom stereocenters. The van der Waals surface area contributed by atoms with Crippen LogP contribution >= 0.6 is 22.9 Å². The number of ketones is 1. The van der Waals surface area contributed by atoms with Crippen LogP contribution in [0.25, 0.3) is 10.7 Å². The first-order valence-electron chi connectivity index (χ1n) is 10.0. The molecule has 0 aliphatic heterocycles. The summed E-state index contributed by atoms with van der Waals surface area (Å²) in [6.07, 6.45) is 4.54. The molecule has 0 saturated carbocycles. The van der Waals surface area contributed by atoms with Crippen LogP contribution in [0, 0.1) is 0 Å². The summed E-state index contributed by atoms with van der Waals surface area (Å²) >= 11 is 7.80. The molecule has 3 N–H and O–H groups in total. The molecule has 0 fully saturated rings. The lowest BCUT2D eigenvalue weighted by molar-refractivity contribution is -0.123. The Morgan fingerprint density at radius 1 is 1.16 bits per heavy atom. The molecule has 0 radical (unpaired) electrons. The molecule has 3 aromatic rings. The molecule has 0 aliphatic rings. The molecule has 3 rings (SSSR count). The highest BCUT2D eigenvalue weighted by molar-refractivity contribution is 7.15. The number of pyridine rings is 1. The second-order valence-electron chi connectivity index (χ2n) is 8.65. The third kappa shape index (κ3) is 6.06. The number of thiazole rings is 1. The minimum absolute atomic E-state index is 0.0348. The number of nitrogens with two attached hydrogens (primary N) is 1. The number of anilines is 1. The summed E-state index contributed by atoms with van der Waals surface area (Å²) in [7, 11) is 0. The molecule has 9 heteroatoms. The number of aromatic nitrogens is 4. The van der Waals surface area contributed by atoms with Crippen molar-refractivity contribution in [2.75, 3.05) is 11.9 Å². The van der Waals surface area contributed by atoms with Crippen LogP contribution in [0.15, 0.2) is 36.7 Å². The molecular formula is C22H27ClN6OS. The smallest absolute Gasteiger partial charge is 0.152 e. The maximum atomic E-state index is 12.0. The molecule has 0 atom stereocenters. The standard InChI is InChI=1S/C22H27ClN6OS/c1-21(2,19-15(23)6-5-11-25-19)13-27-18-10-8-16(28-29-18)20-26-12-14(31-20)7-9-17(30)22(3,4)24/h5-6,8,10-12H,7,9,13,24H2,1-4H3,(H,27,29). The van der Waals surface area contributed by atoms with Gasteiger partial charge in [-0.05, 0) is 44.5 Å². The third-order valence-corrected chi connectivity index (χ3v) is 6.25. The van der Waals surface area contributed by atoms with Gasteiger partial charge >= 0.3 is 0 Å². The van der Waals surface area contributed by atoms with Crippen molar-refractivity contribution in [2.24, 2.45) is 5.73 Å². The highest BCUT2D eigenvalue weighted by Crippen LogP contribution is 2.28. The van der Waals surface area contributed by atoms with Crippen molar-refractivity contribution < 1.29 is 4.79 Å². The summed E-state index contributed by atoms with van der Waals surface area (Å²) in [6.45, 7) is 8.20. The molecule has 3 aromatic heterocycles. The number of rotatable bonds is 9. The maximum absolute atomic E-state index is 12.0. The number of aryl methyl sites for hydroxylation is 1. The summed E-state index contributed by atoms with van der Waals surface area (Å²) in [6, 6.07) is 7.42. The van der Waals surface area contributed by atoms with Gasteiger partial charge in [0.1, 0.15) is 16.5 Å². The van der Waals surface area contributed by atoms with Crippen molar-refractivity contribution in [3.8, 4) is 10.7 Å². The zero-order chi connectivity index (χ0) is 22.6. The summed E-state index contributed by atoms with van der Waals surface area (Å²) in [5.74, 6) is 0.698. The fourth-order valence-electron chi connectivity index (χ4n) is 2.92. The van der Waals surface area contributed by atoms with Gasteiger partial charge in [0.2, 0.25) is 0 Å². The third-order valence-electron chi connectivity index (χ3n) is 4.87. The second-order valence-corrected chi connectivity index (χ2v) is 10.2. The van der Waals surface area contributed by atoms with Crippen LogP contribution in [0.1, 0.15) is 44.7 Å². The number of nitrogens with zero attached hydrogens (tertiary/aromatic N) is 4. The quantitative estimate of drug-likeness (QED) is 0.492. The minimum atomic E-state index is -0.807. The van der Waals surface area contributed by atoms with Crippen LogP contribution in [0.5, 0.6) is 0 Å². The average molecular weight is 459 g/mol. The van der Waals surface area contributed by atoms with Crippen molar-refractivity contribution in [1.82, 2.24) is 20.2 Å². The Morgan fingerprint density at radius 2 is 1.94 bits per heavy atom. The largest absolute Gasteiger partial charge is 0.368 e. The highest BCUT2D eigenvalue weighted by Gasteiger charge is 2.25. The van der Waals surface area contributed by atoms with E-state index in [1.807, 2.05) is 24.3 Å². The fourth-order valence-corrected chi connectivity index (χ4v) is 4.17. The zero-order valence-electron chi connectivity index (χ0n) is 18.1. The highest BCUT2D eigenvalue weighted by atomic mass is 35.5. The number of carbonyl (C=O) groups excluding carboxylic acids is 1. The molecular weight excluding hydrogens is 432 g/mol. The van der Waals surface area contributed by atoms with E-state index in [1.165, 1.54) is 11.3 Å². The Labute approximate surface area is 191 Å². The van der Waals surface area contributed by atoms with E-state index in [9.17, 15) is 4.79 Å². The van der Waals surface area contributed by atoms with E-state index in [0.717, 1.165) is 15.6 Å². The Hall–Kier alpha value is -2.42. The van der Waals surface area contributed by atoms with E-state index in [1.54, 1.807) is 26.2 Å². The summed E-state index contributed by atoms with van der Waals surface area (Å²) in [5.41, 5.74) is 6.29. The molecule has 7 nitrogen and oxygen atoms in total. The first-order valence-corrected chi connectivity index (χ1v) is 11.2. The molecule has 0 bridgehead atoms. The molecule has 31 heavy (non-hydrogen) atoms. The maximum Gasteiger partial charge on any atom is 0.152 e. The Bertz CT molecular complexity index is 1040. The lowest BCUT2D eigenvalue weighted by Gasteiger charge is -2.25. The van der Waals surface area contributed by atoms with Gasteiger partial charge in [0.15, 0.2) is 5.78 Å². The lowest BCUT2D eigenvalue weighted by atomic mass is 9.88. The number of halogens is 1. The van der Waals surface area contributed by atoms with E-state index in [4.69, 9.17) is 17.3 Å². The average Bonchev–Trinajstić information content (AvgIpc) is 3.19. The van der Waals surface area contributed by atoms with Crippen LogP contribution in [0.3, 0.4) is 0 Å². The van der Waals surface area contributed by atoms with E-state index < -0.39 is 5.54 Å². The SMILES string of the molecule is CC(C)(N)C(=O)CCc1cnc(-c2ccc(NCC(C)(C)c3ncccc3Cl)nn2)s1. The van der Waals surface area contributed by atoms with Gasteiger partial charge in [-0.25, -0.2) is 4.98 Å². The van der Waals surface area contributed by atoms with Crippen molar-refractivity contribution in [2.45, 2.75) is 51.5 Å². The minimum Gasteiger partial charge on any atom is -0.368 e. The summed E-state index contributed by atoms with van der Waals surface area (Å²) in [4.78, 5) is 21.9. The Balaban J connectivity index is 1.60. The summed E-state index contributed by atoms with van der Waals surface area (Å²) in [5, 5.41) is 13.3. The first kappa shape index (κ1) is 23.2. The van der Waals surface area contributed by atoms with E-state index in [-0.39, 0.29) is 11.2 Å². The first-order chi connectivity index (χ1) is 14.6. The van der Waals surface area contributed by atoms with Gasteiger partial charge in [-0.2, -0.15) is 0 Å². The number of hydrogen-bond acceptors (Lipinski definition) is 8. The number of carbonyl (C=O) groups is 1. The van der Waals surface area contributed by atoms with Gasteiger partial charge in [0.05, 0.1) is 16.3 Å². The molecule has 0 spiro atoms. The van der Waals surface area contributed by atoms with Crippen LogP contribution in [-0.4, -0.2) is 38.0 Å². The molecule has 3 heterocycles. The van der Waals surface area contributed by atoms with Crippen molar-refractivity contribution in [3.63, 3.8) is 0 Å². The molecule has 0 saturated heterocycles. The predicted octanol–water partition coefficient (Wildman–Crippen LogP) is 4.28. The Morgan fingerprint density at radius 3 is 2.58 bits per heavy atom. The van der Waals surface area contributed by atoms with Gasteiger partial charge in [0, 0.05) is 35.7 Å². The van der Waals surface area contributed by atoms with E-state index >= 15 is 0 Å². The monoisotopic (exact) mass is 458 g/mol. The van der Waals surface area contributed by atoms with E-state index in [2.05, 4.69) is 39.3 Å². The number of nitrogens with one attached hydrogen (secondary N) is 1. The van der Waals surface area contributed by atoms with Crippen molar-refractivity contribution >= 4 is 34.5 Å². The molecule has 0 aromatic carbocycles. The number of Topliss-reactive ketones (excluding diaryl/α,β-unsaturated/α-hetero) is 1. The second kappa shape index (κ2) is 9.38. The van der Waals surface area contributed by atoms with Crippen LogP contribution in [-0.2, 0) is 16.6 Å². The van der Waals surface area contributed by atoms with Gasteiger partial charge in [-0.3, -0.25) is 9.78 Å². The molecule has 0 amide bonds. The van der Waals surface area contributed by atoms with Gasteiger partial charge in [-0.15, -0.1) is 21.5 Å². The van der Waals surface area contributed by atoms with Crippen molar-refractivity contribution in [1.29, 1.82) is 0 Å². The normalized spacial score (nSPS) is 12.1. The predicted molar refractivity (Wildman–Crippen MR) is 125 cm³/mol. The summed E-state index contributed by atoms with van der Waals surface area (Å²) < 4.78 is 0. The lowest BCUT2D eigenvalue weighted by Crippen LogP contribution is -2.41. The molecule has 164 valence electrons. The number of hydrogen-bond donors (Lipinski definition) is 2. The van der Waals surface area contributed by atoms with Gasteiger partial charge < -0.3 is 11.1 Å². The van der Waals surface area contributed by atoms with Gasteiger partial charge in [0.25, 0.3) is 0 Å². The van der Waals surface area contributed by atoms with E-state index in [0.29, 0.717) is 35.9 Å². The van der Waals surface area contributed by atoms with Crippen LogP contribution in [0.4, 0.5) is 5.82 Å². The van der Waals surface area contributed by atoms with Gasteiger partial charge in [-0.1, -0.05) is 25.4 Å². The molecule has 0 aliphatic carbocycles. The van der Waals surface area contributed by atoms with Crippen molar-refractivity contribution in [3.05, 3.63) is 52.3 Å². The fraction of sp³-hybridized carbons (Fsp3) is 0.409.